The Morgan fingerprint density at radius 1 is 1.00 bits per heavy atom. The van der Waals surface area contributed by atoms with Gasteiger partial charge in [0.25, 0.3) is 10.1 Å². The maximum absolute atomic E-state index is 10.5. The van der Waals surface area contributed by atoms with Crippen LogP contribution in [0.25, 0.3) is 0 Å². The minimum absolute atomic E-state index is 0.305. The molecule has 5 atom stereocenters. The van der Waals surface area contributed by atoms with Crippen molar-refractivity contribution >= 4 is 10.1 Å². The molecule has 0 aromatic heterocycles. The Bertz CT molecular complexity index is 327. The summed E-state index contributed by atoms with van der Waals surface area (Å²) in [7, 11) is -4.21. The molecule has 0 radical (unpaired) electrons. The van der Waals surface area contributed by atoms with Crippen LogP contribution in [-0.4, -0.2) is 69.9 Å². The van der Waals surface area contributed by atoms with Crippen LogP contribution in [0.2, 0.25) is 0 Å². The average Bonchev–Trinajstić information content (AvgIpc) is 2.17. The molecule has 96 valence electrons. The van der Waals surface area contributed by atoms with Gasteiger partial charge in [0, 0.05) is 0 Å². The molecule has 0 amide bonds. The first-order chi connectivity index (χ1) is 7.22. The smallest absolute Gasteiger partial charge is 0.264 e. The zero-order valence-electron chi connectivity index (χ0n) is 8.17. The van der Waals surface area contributed by atoms with E-state index < -0.39 is 46.6 Å². The van der Waals surface area contributed by atoms with Gasteiger partial charge in [-0.15, -0.1) is 0 Å². The molecule has 1 aliphatic heterocycles. The summed E-state index contributed by atoms with van der Waals surface area (Å²) in [4.78, 5) is 0. The molecular weight excluding hydrogens is 244 g/mol. The zero-order chi connectivity index (χ0) is 12.5. The maximum atomic E-state index is 10.5. The Morgan fingerprint density at radius 3 is 2.06 bits per heavy atom. The van der Waals surface area contributed by atoms with Crippen LogP contribution in [0.5, 0.6) is 0 Å². The molecular formula is C7H14O8S. The summed E-state index contributed by atoms with van der Waals surface area (Å²) in [5.41, 5.74) is 0. The summed E-state index contributed by atoms with van der Waals surface area (Å²) in [6.07, 6.45) is -7.99. The third kappa shape index (κ3) is 3.35. The van der Waals surface area contributed by atoms with Crippen LogP contribution in [0.1, 0.15) is 6.42 Å². The number of ether oxygens (including phenoxy) is 1. The van der Waals surface area contributed by atoms with Crippen LogP contribution >= 0.6 is 0 Å². The van der Waals surface area contributed by atoms with Gasteiger partial charge in [-0.3, -0.25) is 4.55 Å². The summed E-state index contributed by atoms with van der Waals surface area (Å²) in [5.74, 6) is -0.676. The van der Waals surface area contributed by atoms with Crippen LogP contribution in [-0.2, 0) is 14.9 Å². The molecule has 8 nitrogen and oxygen atoms in total. The van der Waals surface area contributed by atoms with Gasteiger partial charge in [-0.1, -0.05) is 0 Å². The van der Waals surface area contributed by atoms with Crippen LogP contribution < -0.4 is 0 Å². The summed E-state index contributed by atoms with van der Waals surface area (Å²) in [6, 6.07) is 0. The molecule has 0 aromatic rings. The van der Waals surface area contributed by atoms with Gasteiger partial charge in [0.1, 0.15) is 18.3 Å². The number of hydrogen-bond acceptors (Lipinski definition) is 7. The molecule has 1 saturated heterocycles. The van der Waals surface area contributed by atoms with Crippen molar-refractivity contribution in [3.8, 4) is 0 Å². The molecule has 0 bridgehead atoms. The van der Waals surface area contributed by atoms with E-state index in [1.807, 2.05) is 0 Å². The quantitative estimate of drug-likeness (QED) is 0.338. The second-order valence-corrected chi connectivity index (χ2v) is 5.18. The first-order valence-corrected chi connectivity index (χ1v) is 6.16. The van der Waals surface area contributed by atoms with E-state index in [1.54, 1.807) is 0 Å². The normalized spacial score (nSPS) is 40.9. The van der Waals surface area contributed by atoms with E-state index in [2.05, 4.69) is 0 Å². The fraction of sp³-hybridized carbons (Fsp3) is 1.00. The van der Waals surface area contributed by atoms with Crippen molar-refractivity contribution in [2.45, 2.75) is 37.1 Å². The van der Waals surface area contributed by atoms with E-state index in [1.165, 1.54) is 0 Å². The lowest BCUT2D eigenvalue weighted by Gasteiger charge is -2.38. The van der Waals surface area contributed by atoms with Gasteiger partial charge in [-0.05, 0) is 6.42 Å². The van der Waals surface area contributed by atoms with Crippen molar-refractivity contribution < 1.29 is 38.1 Å². The highest BCUT2D eigenvalue weighted by Gasteiger charge is 2.42. The summed E-state index contributed by atoms with van der Waals surface area (Å²) >= 11 is 0. The van der Waals surface area contributed by atoms with E-state index in [0.717, 1.165) is 0 Å². The Labute approximate surface area is 91.8 Å². The first-order valence-electron chi connectivity index (χ1n) is 4.55. The topological polar surface area (TPSA) is 145 Å². The molecule has 0 spiro atoms. The molecule has 1 aliphatic rings. The van der Waals surface area contributed by atoms with Crippen LogP contribution in [0, 0.1) is 0 Å². The number of hydrogen-bond donors (Lipinski definition) is 5. The van der Waals surface area contributed by atoms with E-state index in [-0.39, 0.29) is 6.42 Å². The molecule has 0 aromatic carbocycles. The van der Waals surface area contributed by atoms with Crippen molar-refractivity contribution in [3.63, 3.8) is 0 Å². The van der Waals surface area contributed by atoms with E-state index in [9.17, 15) is 18.6 Å². The predicted molar refractivity (Wildman–Crippen MR) is 49.9 cm³/mol. The first kappa shape index (κ1) is 13.8. The molecule has 1 unspecified atom stereocenters. The molecule has 16 heavy (non-hydrogen) atoms. The van der Waals surface area contributed by atoms with Gasteiger partial charge < -0.3 is 25.2 Å². The number of rotatable bonds is 3. The fourth-order valence-corrected chi connectivity index (χ4v) is 1.96. The molecule has 1 rings (SSSR count). The van der Waals surface area contributed by atoms with E-state index in [4.69, 9.17) is 19.5 Å². The SMILES string of the molecule is O=S(=O)(O)CC[C@H]1OC(O)[C@@H](O)[C@@H](O)[C@@H]1O. The average molecular weight is 258 g/mol. The Hall–Kier alpha value is -0.290. The maximum Gasteiger partial charge on any atom is 0.264 e. The number of aliphatic hydroxyl groups is 4. The van der Waals surface area contributed by atoms with Crippen molar-refractivity contribution in [3.05, 3.63) is 0 Å². The van der Waals surface area contributed by atoms with Gasteiger partial charge >= 0.3 is 0 Å². The van der Waals surface area contributed by atoms with Gasteiger partial charge in [-0.2, -0.15) is 8.42 Å². The highest BCUT2D eigenvalue weighted by molar-refractivity contribution is 7.85. The van der Waals surface area contributed by atoms with Crippen LogP contribution in [0.4, 0.5) is 0 Å². The molecule has 9 heteroatoms. The number of aliphatic hydroxyl groups excluding tert-OH is 4. The Balaban J connectivity index is 2.61. The third-order valence-corrected chi connectivity index (χ3v) is 3.10. The Morgan fingerprint density at radius 2 is 1.56 bits per heavy atom. The van der Waals surface area contributed by atoms with Gasteiger partial charge in [0.2, 0.25) is 0 Å². The van der Waals surface area contributed by atoms with Crippen LogP contribution in [0.3, 0.4) is 0 Å². The fourth-order valence-electron chi connectivity index (χ4n) is 1.43. The summed E-state index contributed by atoms with van der Waals surface area (Å²) in [6.45, 7) is 0. The highest BCUT2D eigenvalue weighted by atomic mass is 32.2. The summed E-state index contributed by atoms with van der Waals surface area (Å²) < 4.78 is 34.1. The second kappa shape index (κ2) is 4.92. The monoisotopic (exact) mass is 258 g/mol. The van der Waals surface area contributed by atoms with Gasteiger partial charge in [-0.25, -0.2) is 0 Å². The standard InChI is InChI=1S/C7H14O8S/c8-4-3(1-2-16(12,13)14)15-7(11)6(10)5(4)9/h3-11H,1-2H2,(H,12,13,14)/t3-,4-,5+,6+,7?/m1/s1. The molecule has 0 saturated carbocycles. The third-order valence-electron chi connectivity index (χ3n) is 2.35. The molecule has 5 N–H and O–H groups in total. The van der Waals surface area contributed by atoms with Crippen LogP contribution in [0.15, 0.2) is 0 Å². The van der Waals surface area contributed by atoms with Crippen molar-refractivity contribution in [1.82, 2.24) is 0 Å². The minimum atomic E-state index is -4.21. The highest BCUT2D eigenvalue weighted by Crippen LogP contribution is 2.22. The van der Waals surface area contributed by atoms with Crippen molar-refractivity contribution in [1.29, 1.82) is 0 Å². The zero-order valence-corrected chi connectivity index (χ0v) is 8.99. The lowest BCUT2D eigenvalue weighted by molar-refractivity contribution is -0.281. The van der Waals surface area contributed by atoms with Crippen molar-refractivity contribution in [2.24, 2.45) is 0 Å². The van der Waals surface area contributed by atoms with Gasteiger partial charge in [0.15, 0.2) is 6.29 Å². The molecule has 1 heterocycles. The lowest BCUT2D eigenvalue weighted by atomic mass is 9.97. The van der Waals surface area contributed by atoms with E-state index >= 15 is 0 Å². The second-order valence-electron chi connectivity index (χ2n) is 3.61. The summed E-state index contributed by atoms with van der Waals surface area (Å²) in [5, 5.41) is 36.9. The molecule has 0 aliphatic carbocycles. The van der Waals surface area contributed by atoms with Crippen molar-refractivity contribution in [2.75, 3.05) is 5.75 Å². The lowest BCUT2D eigenvalue weighted by Crippen LogP contribution is -2.57. The predicted octanol–water partition coefficient (Wildman–Crippen LogP) is -2.94. The van der Waals surface area contributed by atoms with Gasteiger partial charge in [0.05, 0.1) is 11.9 Å². The minimum Gasteiger partial charge on any atom is -0.388 e. The Kier molecular flexibility index (Phi) is 4.23. The van der Waals surface area contributed by atoms with E-state index in [0.29, 0.717) is 0 Å². The largest absolute Gasteiger partial charge is 0.388 e. The molecule has 1 fully saturated rings.